The first-order chi connectivity index (χ1) is 4.79. The Morgan fingerprint density at radius 2 is 2.20 bits per heavy atom. The first-order valence-electron chi connectivity index (χ1n) is 4.32. The molecular formula is C9H14O. The molecule has 2 rings (SSSR count). The van der Waals surface area contributed by atoms with E-state index in [0.29, 0.717) is 11.7 Å². The van der Waals surface area contributed by atoms with E-state index in [1.165, 1.54) is 19.3 Å². The lowest BCUT2D eigenvalue weighted by Gasteiger charge is -2.10. The maximum absolute atomic E-state index is 11.2. The highest BCUT2D eigenvalue weighted by Crippen LogP contribution is 2.45. The van der Waals surface area contributed by atoms with Crippen molar-refractivity contribution in [1.29, 1.82) is 0 Å². The van der Waals surface area contributed by atoms with E-state index in [4.69, 9.17) is 0 Å². The number of ketones is 1. The average Bonchev–Trinajstić information content (AvgIpc) is 2.41. The van der Waals surface area contributed by atoms with Gasteiger partial charge in [-0.15, -0.1) is 0 Å². The predicted octanol–water partition coefficient (Wildman–Crippen LogP) is 2.01. The van der Waals surface area contributed by atoms with Gasteiger partial charge in [0.2, 0.25) is 0 Å². The van der Waals surface area contributed by atoms with Crippen LogP contribution in [0.1, 0.15) is 32.6 Å². The van der Waals surface area contributed by atoms with Gasteiger partial charge < -0.3 is 0 Å². The van der Waals surface area contributed by atoms with E-state index in [1.807, 2.05) is 0 Å². The highest BCUT2D eigenvalue weighted by atomic mass is 16.1. The van der Waals surface area contributed by atoms with Gasteiger partial charge in [0.15, 0.2) is 0 Å². The summed E-state index contributed by atoms with van der Waals surface area (Å²) in [6.07, 6.45) is 4.90. The molecule has 0 aromatic carbocycles. The van der Waals surface area contributed by atoms with Gasteiger partial charge in [-0.25, -0.2) is 0 Å². The minimum Gasteiger partial charge on any atom is -0.299 e. The molecule has 1 unspecified atom stereocenters. The summed E-state index contributed by atoms with van der Waals surface area (Å²) in [6, 6.07) is 0. The standard InChI is InChI=1S/C9H14O/c1-6-8-4-2-3-7(8)5-9(6)10/h6-8H,2-5H2,1H3/t6?,7-,8+/m0/s1. The molecule has 0 radical (unpaired) electrons. The molecule has 0 N–H and O–H groups in total. The van der Waals surface area contributed by atoms with Crippen LogP contribution >= 0.6 is 0 Å². The molecule has 2 aliphatic rings. The van der Waals surface area contributed by atoms with Crippen LogP contribution < -0.4 is 0 Å². The van der Waals surface area contributed by atoms with E-state index in [0.717, 1.165) is 18.3 Å². The largest absolute Gasteiger partial charge is 0.299 e. The number of hydrogen-bond donors (Lipinski definition) is 0. The van der Waals surface area contributed by atoms with Gasteiger partial charge in [0, 0.05) is 12.3 Å². The Labute approximate surface area is 61.8 Å². The maximum Gasteiger partial charge on any atom is 0.136 e. The molecule has 0 heterocycles. The summed E-state index contributed by atoms with van der Waals surface area (Å²) in [5.41, 5.74) is 0. The molecule has 1 heteroatoms. The van der Waals surface area contributed by atoms with E-state index in [1.54, 1.807) is 0 Å². The summed E-state index contributed by atoms with van der Waals surface area (Å²) in [6.45, 7) is 2.11. The van der Waals surface area contributed by atoms with Crippen LogP contribution in [0.4, 0.5) is 0 Å². The van der Waals surface area contributed by atoms with Crippen molar-refractivity contribution in [2.24, 2.45) is 17.8 Å². The van der Waals surface area contributed by atoms with Crippen molar-refractivity contribution >= 4 is 5.78 Å². The zero-order valence-corrected chi connectivity index (χ0v) is 6.47. The molecule has 3 atom stereocenters. The molecule has 2 fully saturated rings. The maximum atomic E-state index is 11.2. The van der Waals surface area contributed by atoms with Crippen molar-refractivity contribution in [3.63, 3.8) is 0 Å². The lowest BCUT2D eigenvalue weighted by Crippen LogP contribution is -2.09. The van der Waals surface area contributed by atoms with Crippen LogP contribution in [0.25, 0.3) is 0 Å². The van der Waals surface area contributed by atoms with Crippen LogP contribution in [0, 0.1) is 17.8 Å². The summed E-state index contributed by atoms with van der Waals surface area (Å²) in [5, 5.41) is 0. The van der Waals surface area contributed by atoms with Crippen LogP contribution in [0.3, 0.4) is 0 Å². The minimum atomic E-state index is 0.396. The Hall–Kier alpha value is -0.330. The van der Waals surface area contributed by atoms with E-state index >= 15 is 0 Å². The molecule has 0 amide bonds. The van der Waals surface area contributed by atoms with Crippen molar-refractivity contribution in [2.45, 2.75) is 32.6 Å². The lowest BCUT2D eigenvalue weighted by atomic mass is 9.94. The van der Waals surface area contributed by atoms with Crippen molar-refractivity contribution in [3.8, 4) is 0 Å². The molecule has 0 aliphatic heterocycles. The molecule has 0 spiro atoms. The molecule has 0 aromatic rings. The van der Waals surface area contributed by atoms with E-state index in [2.05, 4.69) is 6.92 Å². The summed E-state index contributed by atoms with van der Waals surface area (Å²) in [4.78, 5) is 11.2. The first kappa shape index (κ1) is 6.38. The van der Waals surface area contributed by atoms with Gasteiger partial charge in [-0.3, -0.25) is 4.79 Å². The van der Waals surface area contributed by atoms with Crippen LogP contribution in [0.5, 0.6) is 0 Å². The molecule has 0 aromatic heterocycles. The monoisotopic (exact) mass is 138 g/mol. The minimum absolute atomic E-state index is 0.396. The summed E-state index contributed by atoms with van der Waals surface area (Å²) < 4.78 is 0. The Morgan fingerprint density at radius 3 is 2.90 bits per heavy atom. The van der Waals surface area contributed by atoms with Crippen LogP contribution in [-0.2, 0) is 4.79 Å². The van der Waals surface area contributed by atoms with E-state index in [-0.39, 0.29) is 0 Å². The number of Topliss-reactive ketones (excluding diaryl/α,β-unsaturated/α-hetero) is 1. The average molecular weight is 138 g/mol. The fourth-order valence-corrected chi connectivity index (χ4v) is 2.66. The van der Waals surface area contributed by atoms with Crippen molar-refractivity contribution in [2.75, 3.05) is 0 Å². The molecule has 1 nitrogen and oxygen atoms in total. The Bertz CT molecular complexity index is 162. The molecule has 0 bridgehead atoms. The van der Waals surface area contributed by atoms with Gasteiger partial charge in [-0.05, 0) is 24.7 Å². The highest BCUT2D eigenvalue weighted by molar-refractivity contribution is 5.83. The third kappa shape index (κ3) is 0.727. The topological polar surface area (TPSA) is 17.1 Å². The van der Waals surface area contributed by atoms with Crippen LogP contribution in [-0.4, -0.2) is 5.78 Å². The molecule has 0 saturated heterocycles. The second-order valence-electron chi connectivity index (χ2n) is 3.81. The quantitative estimate of drug-likeness (QED) is 0.500. The molecule has 2 aliphatic carbocycles. The Kier molecular flexibility index (Phi) is 1.33. The van der Waals surface area contributed by atoms with Crippen LogP contribution in [0.2, 0.25) is 0 Å². The zero-order valence-electron chi connectivity index (χ0n) is 6.47. The summed E-state index contributed by atoms with van der Waals surface area (Å²) >= 11 is 0. The number of carbonyl (C=O) groups excluding carboxylic acids is 1. The fraction of sp³-hybridized carbons (Fsp3) is 0.889. The van der Waals surface area contributed by atoms with Gasteiger partial charge in [-0.2, -0.15) is 0 Å². The van der Waals surface area contributed by atoms with E-state index in [9.17, 15) is 4.79 Å². The van der Waals surface area contributed by atoms with Gasteiger partial charge in [-0.1, -0.05) is 13.3 Å². The van der Waals surface area contributed by atoms with Gasteiger partial charge in [0.25, 0.3) is 0 Å². The smallest absolute Gasteiger partial charge is 0.136 e. The third-order valence-electron chi connectivity index (χ3n) is 3.33. The third-order valence-corrected chi connectivity index (χ3v) is 3.33. The molecule has 56 valence electrons. The number of hydrogen-bond acceptors (Lipinski definition) is 1. The number of carbonyl (C=O) groups is 1. The number of rotatable bonds is 0. The van der Waals surface area contributed by atoms with Gasteiger partial charge >= 0.3 is 0 Å². The van der Waals surface area contributed by atoms with Gasteiger partial charge in [0.05, 0.1) is 0 Å². The summed E-state index contributed by atoms with van der Waals surface area (Å²) in [7, 11) is 0. The van der Waals surface area contributed by atoms with Crippen LogP contribution in [0.15, 0.2) is 0 Å². The molecule has 2 saturated carbocycles. The fourth-order valence-electron chi connectivity index (χ4n) is 2.66. The van der Waals surface area contributed by atoms with Crippen molar-refractivity contribution in [1.82, 2.24) is 0 Å². The second kappa shape index (κ2) is 2.08. The molecular weight excluding hydrogens is 124 g/mol. The van der Waals surface area contributed by atoms with Gasteiger partial charge in [0.1, 0.15) is 5.78 Å². The van der Waals surface area contributed by atoms with E-state index < -0.39 is 0 Å². The normalized spacial score (nSPS) is 46.1. The number of fused-ring (bicyclic) bond motifs is 1. The van der Waals surface area contributed by atoms with Crippen molar-refractivity contribution in [3.05, 3.63) is 0 Å². The zero-order chi connectivity index (χ0) is 7.14. The SMILES string of the molecule is CC1C(=O)C[C@@H]2CCC[C@H]12. The predicted molar refractivity (Wildman–Crippen MR) is 39.6 cm³/mol. The molecule has 10 heavy (non-hydrogen) atoms. The lowest BCUT2D eigenvalue weighted by molar-refractivity contribution is -0.120. The summed E-state index contributed by atoms with van der Waals surface area (Å²) in [5.74, 6) is 2.47. The highest BCUT2D eigenvalue weighted by Gasteiger charge is 2.41. The van der Waals surface area contributed by atoms with Crippen molar-refractivity contribution < 1.29 is 4.79 Å². The Morgan fingerprint density at radius 1 is 1.40 bits per heavy atom. The second-order valence-corrected chi connectivity index (χ2v) is 3.81. The first-order valence-corrected chi connectivity index (χ1v) is 4.32. The Balaban J connectivity index is 2.16.